The molecule has 2 atom stereocenters. The molecule has 0 saturated carbocycles. The summed E-state index contributed by atoms with van der Waals surface area (Å²) in [4.78, 5) is 2.20. The minimum Gasteiger partial charge on any atom is -0.326 e. The Bertz CT molecular complexity index is 526. The molecular formula is C14H22N2O2S. The minimum atomic E-state index is -2.85. The molecule has 0 radical (unpaired) electrons. The molecule has 1 heterocycles. The molecule has 5 heteroatoms. The van der Waals surface area contributed by atoms with Gasteiger partial charge in [0.15, 0.2) is 9.84 Å². The summed E-state index contributed by atoms with van der Waals surface area (Å²) in [5, 5.41) is 0. The second-order valence-electron chi connectivity index (χ2n) is 5.35. The van der Waals surface area contributed by atoms with Gasteiger partial charge in [-0.05, 0) is 25.0 Å². The Balaban J connectivity index is 2.25. The summed E-state index contributed by atoms with van der Waals surface area (Å²) >= 11 is 0. The van der Waals surface area contributed by atoms with Crippen LogP contribution in [0.1, 0.15) is 24.1 Å². The van der Waals surface area contributed by atoms with E-state index in [1.807, 2.05) is 19.1 Å². The predicted molar refractivity (Wildman–Crippen MR) is 77.8 cm³/mol. The maximum atomic E-state index is 11.5. The van der Waals surface area contributed by atoms with Gasteiger partial charge in [0.25, 0.3) is 0 Å². The van der Waals surface area contributed by atoms with E-state index in [0.29, 0.717) is 13.1 Å². The molecule has 19 heavy (non-hydrogen) atoms. The van der Waals surface area contributed by atoms with Crippen LogP contribution in [0, 0.1) is 6.92 Å². The lowest BCUT2D eigenvalue weighted by atomic mass is 9.95. The average Bonchev–Trinajstić information content (AvgIpc) is 2.33. The molecule has 106 valence electrons. The quantitative estimate of drug-likeness (QED) is 0.902. The lowest BCUT2D eigenvalue weighted by Gasteiger charge is -2.37. The fourth-order valence-corrected chi connectivity index (χ4v) is 3.97. The molecule has 1 aliphatic rings. The number of benzene rings is 1. The van der Waals surface area contributed by atoms with E-state index in [4.69, 9.17) is 5.73 Å². The van der Waals surface area contributed by atoms with Crippen LogP contribution in [-0.4, -0.2) is 44.0 Å². The van der Waals surface area contributed by atoms with Gasteiger partial charge in [-0.2, -0.15) is 0 Å². The first-order chi connectivity index (χ1) is 8.91. The first kappa shape index (κ1) is 14.5. The van der Waals surface area contributed by atoms with Gasteiger partial charge in [0.05, 0.1) is 11.5 Å². The van der Waals surface area contributed by atoms with E-state index >= 15 is 0 Å². The van der Waals surface area contributed by atoms with Crippen molar-refractivity contribution in [1.29, 1.82) is 0 Å². The van der Waals surface area contributed by atoms with E-state index in [9.17, 15) is 8.42 Å². The van der Waals surface area contributed by atoms with Crippen molar-refractivity contribution in [1.82, 2.24) is 4.90 Å². The Labute approximate surface area is 115 Å². The fraction of sp³-hybridized carbons (Fsp3) is 0.571. The molecule has 0 aromatic heterocycles. The van der Waals surface area contributed by atoms with Crippen molar-refractivity contribution in [2.24, 2.45) is 5.73 Å². The van der Waals surface area contributed by atoms with Crippen LogP contribution in [0.4, 0.5) is 0 Å². The number of nitrogens with zero attached hydrogens (tertiary/aromatic N) is 1. The molecule has 4 nitrogen and oxygen atoms in total. The highest BCUT2D eigenvalue weighted by molar-refractivity contribution is 7.91. The van der Waals surface area contributed by atoms with Crippen molar-refractivity contribution in [2.75, 3.05) is 24.6 Å². The van der Waals surface area contributed by atoms with Crippen LogP contribution in [0.5, 0.6) is 0 Å². The topological polar surface area (TPSA) is 63.4 Å². The van der Waals surface area contributed by atoms with Crippen LogP contribution in [0.15, 0.2) is 24.3 Å². The highest BCUT2D eigenvalue weighted by atomic mass is 32.2. The van der Waals surface area contributed by atoms with E-state index in [2.05, 4.69) is 24.0 Å². The first-order valence-corrected chi connectivity index (χ1v) is 8.48. The van der Waals surface area contributed by atoms with Gasteiger partial charge in [-0.15, -0.1) is 0 Å². The molecule has 0 amide bonds. The summed E-state index contributed by atoms with van der Waals surface area (Å²) in [5.74, 6) is 0.476. The summed E-state index contributed by atoms with van der Waals surface area (Å²) in [6.45, 7) is 5.21. The number of rotatable bonds is 3. The lowest BCUT2D eigenvalue weighted by molar-refractivity contribution is 0.190. The van der Waals surface area contributed by atoms with Crippen LogP contribution in [0.2, 0.25) is 0 Å². The molecule has 0 aliphatic carbocycles. The fourth-order valence-electron chi connectivity index (χ4n) is 2.74. The molecule has 2 unspecified atom stereocenters. The van der Waals surface area contributed by atoms with Crippen molar-refractivity contribution >= 4 is 9.84 Å². The molecule has 1 aromatic rings. The monoisotopic (exact) mass is 282 g/mol. The zero-order valence-electron chi connectivity index (χ0n) is 11.5. The lowest BCUT2D eigenvalue weighted by Crippen LogP contribution is -2.47. The van der Waals surface area contributed by atoms with E-state index in [1.54, 1.807) is 0 Å². The largest absolute Gasteiger partial charge is 0.326 e. The van der Waals surface area contributed by atoms with Crippen LogP contribution < -0.4 is 5.73 Å². The van der Waals surface area contributed by atoms with Gasteiger partial charge in [-0.25, -0.2) is 8.42 Å². The van der Waals surface area contributed by atoms with Crippen molar-refractivity contribution in [3.05, 3.63) is 35.4 Å². The summed E-state index contributed by atoms with van der Waals surface area (Å²) in [5.41, 5.74) is 8.56. The smallest absolute Gasteiger partial charge is 0.152 e. The number of hydrogen-bond donors (Lipinski definition) is 1. The van der Waals surface area contributed by atoms with Crippen LogP contribution in [-0.2, 0) is 9.84 Å². The van der Waals surface area contributed by atoms with Crippen molar-refractivity contribution in [3.63, 3.8) is 0 Å². The molecule has 0 spiro atoms. The summed E-state index contributed by atoms with van der Waals surface area (Å²) in [7, 11) is -2.85. The molecule has 1 saturated heterocycles. The SMILES string of the molecule is Cc1ccccc1C(C(C)N)N1CCS(=O)(=O)CC1. The molecule has 1 aromatic carbocycles. The highest BCUT2D eigenvalue weighted by Gasteiger charge is 2.30. The maximum absolute atomic E-state index is 11.5. The van der Waals surface area contributed by atoms with Crippen molar-refractivity contribution in [3.8, 4) is 0 Å². The van der Waals surface area contributed by atoms with E-state index in [1.165, 1.54) is 11.1 Å². The zero-order valence-corrected chi connectivity index (χ0v) is 12.4. The third kappa shape index (κ3) is 3.35. The molecule has 1 fully saturated rings. The first-order valence-electron chi connectivity index (χ1n) is 6.66. The molecule has 2 rings (SSSR count). The standard InChI is InChI=1S/C14H22N2O2S/c1-11-5-3-4-6-13(11)14(12(2)15)16-7-9-19(17,18)10-8-16/h3-6,12,14H,7-10,15H2,1-2H3. The van der Waals surface area contributed by atoms with Gasteiger partial charge in [0.1, 0.15) is 0 Å². The van der Waals surface area contributed by atoms with Crippen LogP contribution in [0.25, 0.3) is 0 Å². The molecule has 1 aliphatic heterocycles. The third-order valence-corrected chi connectivity index (χ3v) is 5.39. The number of nitrogens with two attached hydrogens (primary N) is 1. The van der Waals surface area contributed by atoms with Crippen molar-refractivity contribution < 1.29 is 8.42 Å². The van der Waals surface area contributed by atoms with Crippen LogP contribution in [0.3, 0.4) is 0 Å². The third-order valence-electron chi connectivity index (χ3n) is 3.78. The Morgan fingerprint density at radius 2 is 1.79 bits per heavy atom. The minimum absolute atomic E-state index is 0.0260. The normalized spacial score (nSPS) is 22.9. The molecule has 0 bridgehead atoms. The van der Waals surface area contributed by atoms with Gasteiger partial charge >= 0.3 is 0 Å². The Kier molecular flexibility index (Phi) is 4.28. The van der Waals surface area contributed by atoms with E-state index in [-0.39, 0.29) is 23.6 Å². The Morgan fingerprint density at radius 1 is 1.21 bits per heavy atom. The number of hydrogen-bond acceptors (Lipinski definition) is 4. The number of aryl methyl sites for hydroxylation is 1. The van der Waals surface area contributed by atoms with E-state index in [0.717, 1.165) is 0 Å². The predicted octanol–water partition coefficient (Wildman–Crippen LogP) is 1.11. The second-order valence-corrected chi connectivity index (χ2v) is 7.65. The molecule has 2 N–H and O–H groups in total. The summed E-state index contributed by atoms with van der Waals surface area (Å²) < 4.78 is 23.1. The summed E-state index contributed by atoms with van der Waals surface area (Å²) in [6.07, 6.45) is 0. The van der Waals surface area contributed by atoms with Crippen LogP contribution >= 0.6 is 0 Å². The average molecular weight is 282 g/mol. The van der Waals surface area contributed by atoms with Gasteiger partial charge in [-0.1, -0.05) is 24.3 Å². The Hall–Kier alpha value is -0.910. The Morgan fingerprint density at radius 3 is 2.32 bits per heavy atom. The molecular weight excluding hydrogens is 260 g/mol. The maximum Gasteiger partial charge on any atom is 0.152 e. The zero-order chi connectivity index (χ0) is 14.0. The van der Waals surface area contributed by atoms with Gasteiger partial charge in [-0.3, -0.25) is 4.90 Å². The van der Waals surface area contributed by atoms with Gasteiger partial charge in [0.2, 0.25) is 0 Å². The summed E-state index contributed by atoms with van der Waals surface area (Å²) in [6, 6.07) is 8.26. The number of sulfone groups is 1. The van der Waals surface area contributed by atoms with Gasteiger partial charge < -0.3 is 5.73 Å². The highest BCUT2D eigenvalue weighted by Crippen LogP contribution is 2.27. The van der Waals surface area contributed by atoms with Crippen molar-refractivity contribution in [2.45, 2.75) is 25.9 Å². The second kappa shape index (κ2) is 5.61. The van der Waals surface area contributed by atoms with E-state index < -0.39 is 9.84 Å². The van der Waals surface area contributed by atoms with Gasteiger partial charge in [0, 0.05) is 25.2 Å².